The minimum absolute atomic E-state index is 0.160. The maximum atomic E-state index is 11.6. The highest BCUT2D eigenvalue weighted by Gasteiger charge is 2.25. The highest BCUT2D eigenvalue weighted by atomic mass is 16.1. The van der Waals surface area contributed by atoms with E-state index in [0.29, 0.717) is 18.4 Å². The second kappa shape index (κ2) is 4.97. The number of hydrogen-bond acceptors (Lipinski definition) is 2. The third-order valence-electron chi connectivity index (χ3n) is 3.20. The van der Waals surface area contributed by atoms with E-state index in [1.54, 1.807) is 0 Å². The number of rotatable bonds is 4. The molecule has 0 spiro atoms. The normalized spacial score (nSPS) is 26.7. The molecule has 2 atom stereocenters. The van der Waals surface area contributed by atoms with E-state index in [-0.39, 0.29) is 11.4 Å². The molecular formula is C12H24N2O. The van der Waals surface area contributed by atoms with Crippen LogP contribution in [0.4, 0.5) is 0 Å². The fourth-order valence-corrected chi connectivity index (χ4v) is 2.07. The zero-order chi connectivity index (χ0) is 11.5. The topological polar surface area (TPSA) is 55.1 Å². The summed E-state index contributed by atoms with van der Waals surface area (Å²) in [5.74, 6) is 0.798. The third kappa shape index (κ3) is 4.65. The van der Waals surface area contributed by atoms with Crippen molar-refractivity contribution >= 4 is 5.91 Å². The van der Waals surface area contributed by atoms with Crippen LogP contribution in [-0.4, -0.2) is 17.5 Å². The predicted octanol–water partition coefficient (Wildman–Crippen LogP) is 1.81. The Labute approximate surface area is 92.8 Å². The van der Waals surface area contributed by atoms with Crippen molar-refractivity contribution in [2.24, 2.45) is 11.7 Å². The molecule has 2 unspecified atom stereocenters. The van der Waals surface area contributed by atoms with Gasteiger partial charge in [-0.15, -0.1) is 0 Å². The molecule has 15 heavy (non-hydrogen) atoms. The third-order valence-corrected chi connectivity index (χ3v) is 3.20. The summed E-state index contributed by atoms with van der Waals surface area (Å²) >= 11 is 0. The molecule has 0 radical (unpaired) electrons. The Bertz CT molecular complexity index is 220. The van der Waals surface area contributed by atoms with Crippen molar-refractivity contribution in [3.05, 3.63) is 0 Å². The number of carbonyl (C=O) groups is 1. The summed E-state index contributed by atoms with van der Waals surface area (Å²) in [6, 6.07) is 0.401. The molecular weight excluding hydrogens is 188 g/mol. The average molecular weight is 212 g/mol. The number of nitrogens with two attached hydrogens (primary N) is 1. The Morgan fingerprint density at radius 3 is 2.60 bits per heavy atom. The first-order chi connectivity index (χ1) is 6.88. The van der Waals surface area contributed by atoms with Crippen LogP contribution in [-0.2, 0) is 4.79 Å². The summed E-state index contributed by atoms with van der Waals surface area (Å²) in [4.78, 5) is 11.6. The number of amides is 1. The van der Waals surface area contributed by atoms with Crippen molar-refractivity contribution < 1.29 is 4.79 Å². The quantitative estimate of drug-likeness (QED) is 0.746. The average Bonchev–Trinajstić information content (AvgIpc) is 2.47. The van der Waals surface area contributed by atoms with Gasteiger partial charge >= 0.3 is 0 Å². The van der Waals surface area contributed by atoms with Gasteiger partial charge < -0.3 is 11.1 Å². The Balaban J connectivity index is 2.24. The van der Waals surface area contributed by atoms with E-state index in [1.807, 2.05) is 13.8 Å². The van der Waals surface area contributed by atoms with Crippen LogP contribution < -0.4 is 11.1 Å². The first-order valence-electron chi connectivity index (χ1n) is 5.97. The highest BCUT2D eigenvalue weighted by Crippen LogP contribution is 2.24. The number of carbonyl (C=O) groups excluding carboxylic acids is 1. The van der Waals surface area contributed by atoms with Crippen LogP contribution in [0.1, 0.15) is 52.9 Å². The van der Waals surface area contributed by atoms with E-state index in [4.69, 9.17) is 5.73 Å². The maximum absolute atomic E-state index is 11.6. The second-order valence-corrected chi connectivity index (χ2v) is 5.57. The van der Waals surface area contributed by atoms with Crippen LogP contribution in [0.15, 0.2) is 0 Å². The molecule has 0 aromatic rings. The van der Waals surface area contributed by atoms with Gasteiger partial charge in [0.05, 0.1) is 0 Å². The van der Waals surface area contributed by atoms with Crippen LogP contribution in [0, 0.1) is 5.92 Å². The zero-order valence-electron chi connectivity index (χ0n) is 10.2. The van der Waals surface area contributed by atoms with Crippen molar-refractivity contribution in [3.8, 4) is 0 Å². The van der Waals surface area contributed by atoms with Crippen molar-refractivity contribution in [2.75, 3.05) is 0 Å². The van der Waals surface area contributed by atoms with E-state index in [1.165, 1.54) is 12.8 Å². The molecule has 0 aliphatic heterocycles. The molecule has 3 N–H and O–H groups in total. The Morgan fingerprint density at radius 2 is 2.13 bits per heavy atom. The lowest BCUT2D eigenvalue weighted by atomic mass is 9.99. The summed E-state index contributed by atoms with van der Waals surface area (Å²) in [6.45, 7) is 6.13. The minimum atomic E-state index is -0.237. The zero-order valence-corrected chi connectivity index (χ0v) is 10.2. The molecule has 1 aliphatic carbocycles. The molecule has 0 bridgehead atoms. The predicted molar refractivity (Wildman–Crippen MR) is 62.4 cm³/mol. The SMILES string of the molecule is CC1CCCC1NC(=O)CCC(C)(C)N. The summed E-state index contributed by atoms with van der Waals surface area (Å²) in [5.41, 5.74) is 5.60. The lowest BCUT2D eigenvalue weighted by Gasteiger charge is -2.20. The van der Waals surface area contributed by atoms with E-state index in [0.717, 1.165) is 12.8 Å². The van der Waals surface area contributed by atoms with Crippen molar-refractivity contribution in [3.63, 3.8) is 0 Å². The molecule has 0 aromatic carbocycles. The van der Waals surface area contributed by atoms with Gasteiger partial charge in [0.1, 0.15) is 0 Å². The van der Waals surface area contributed by atoms with Gasteiger partial charge in [-0.1, -0.05) is 13.3 Å². The summed E-state index contributed by atoms with van der Waals surface area (Å²) in [6.07, 6.45) is 4.92. The molecule has 0 aromatic heterocycles. The molecule has 1 aliphatic rings. The largest absolute Gasteiger partial charge is 0.353 e. The fourth-order valence-electron chi connectivity index (χ4n) is 2.07. The van der Waals surface area contributed by atoms with E-state index < -0.39 is 0 Å². The smallest absolute Gasteiger partial charge is 0.220 e. The van der Waals surface area contributed by atoms with Gasteiger partial charge in [-0.3, -0.25) is 4.79 Å². The van der Waals surface area contributed by atoms with Crippen LogP contribution in [0.3, 0.4) is 0 Å². The van der Waals surface area contributed by atoms with Crippen LogP contribution in [0.25, 0.3) is 0 Å². The van der Waals surface area contributed by atoms with Gasteiger partial charge in [-0.05, 0) is 39.0 Å². The van der Waals surface area contributed by atoms with Gasteiger partial charge in [0.15, 0.2) is 0 Å². The molecule has 0 saturated heterocycles. The molecule has 1 saturated carbocycles. The van der Waals surface area contributed by atoms with Gasteiger partial charge in [-0.25, -0.2) is 0 Å². The highest BCUT2D eigenvalue weighted by molar-refractivity contribution is 5.76. The Kier molecular flexibility index (Phi) is 4.14. The number of nitrogens with one attached hydrogen (secondary N) is 1. The van der Waals surface area contributed by atoms with Crippen LogP contribution in [0.5, 0.6) is 0 Å². The minimum Gasteiger partial charge on any atom is -0.353 e. The van der Waals surface area contributed by atoms with Gasteiger partial charge in [0, 0.05) is 18.0 Å². The van der Waals surface area contributed by atoms with Crippen LogP contribution >= 0.6 is 0 Å². The molecule has 3 nitrogen and oxygen atoms in total. The molecule has 88 valence electrons. The fraction of sp³-hybridized carbons (Fsp3) is 0.917. The van der Waals surface area contributed by atoms with Gasteiger partial charge in [-0.2, -0.15) is 0 Å². The summed E-state index contributed by atoms with van der Waals surface area (Å²) in [7, 11) is 0. The maximum Gasteiger partial charge on any atom is 0.220 e. The van der Waals surface area contributed by atoms with E-state index in [9.17, 15) is 4.79 Å². The number of hydrogen-bond donors (Lipinski definition) is 2. The van der Waals surface area contributed by atoms with Gasteiger partial charge in [0.2, 0.25) is 5.91 Å². The second-order valence-electron chi connectivity index (χ2n) is 5.57. The standard InChI is InChI=1S/C12H24N2O/c1-9-5-4-6-10(9)14-11(15)7-8-12(2,3)13/h9-10H,4-8,13H2,1-3H3,(H,14,15). The van der Waals surface area contributed by atoms with Gasteiger partial charge in [0.25, 0.3) is 0 Å². The first-order valence-corrected chi connectivity index (χ1v) is 5.97. The summed E-state index contributed by atoms with van der Waals surface area (Å²) in [5, 5.41) is 3.11. The molecule has 3 heteroatoms. The molecule has 1 amide bonds. The molecule has 1 fully saturated rings. The monoisotopic (exact) mass is 212 g/mol. The lowest BCUT2D eigenvalue weighted by molar-refractivity contribution is -0.122. The van der Waals surface area contributed by atoms with Crippen molar-refractivity contribution in [1.82, 2.24) is 5.32 Å². The Morgan fingerprint density at radius 1 is 1.47 bits per heavy atom. The van der Waals surface area contributed by atoms with E-state index >= 15 is 0 Å². The summed E-state index contributed by atoms with van der Waals surface area (Å²) < 4.78 is 0. The van der Waals surface area contributed by atoms with Crippen molar-refractivity contribution in [1.29, 1.82) is 0 Å². The lowest BCUT2D eigenvalue weighted by Crippen LogP contribution is -2.39. The van der Waals surface area contributed by atoms with Crippen molar-refractivity contribution in [2.45, 2.75) is 64.5 Å². The van der Waals surface area contributed by atoms with E-state index in [2.05, 4.69) is 12.2 Å². The molecule has 1 rings (SSSR count). The first kappa shape index (κ1) is 12.5. The Hall–Kier alpha value is -0.570. The molecule has 0 heterocycles. The van der Waals surface area contributed by atoms with Crippen LogP contribution in [0.2, 0.25) is 0 Å².